The SMILES string of the molecule is O=C(O)N[C@@H](Cc1ccccc1)[C@@H](O)CNC1(c2cccc(C(F)(F)F)c2)CC1. The van der Waals surface area contributed by atoms with Crippen molar-refractivity contribution < 1.29 is 28.2 Å². The molecule has 1 saturated carbocycles. The van der Waals surface area contributed by atoms with E-state index in [1.165, 1.54) is 6.07 Å². The van der Waals surface area contributed by atoms with Crippen molar-refractivity contribution in [1.29, 1.82) is 0 Å². The van der Waals surface area contributed by atoms with Crippen molar-refractivity contribution in [3.8, 4) is 0 Å². The first-order valence-electron chi connectivity index (χ1n) is 9.34. The van der Waals surface area contributed by atoms with Gasteiger partial charge >= 0.3 is 12.3 Å². The fourth-order valence-corrected chi connectivity index (χ4v) is 3.44. The summed E-state index contributed by atoms with van der Waals surface area (Å²) in [5.41, 5.74) is 0.0516. The van der Waals surface area contributed by atoms with Crippen LogP contribution in [0.15, 0.2) is 54.6 Å². The molecule has 0 spiro atoms. The van der Waals surface area contributed by atoms with Gasteiger partial charge in [-0.3, -0.25) is 0 Å². The Kier molecular flexibility index (Phi) is 6.14. The molecule has 0 aliphatic heterocycles. The van der Waals surface area contributed by atoms with E-state index in [2.05, 4.69) is 10.6 Å². The number of hydrogen-bond donors (Lipinski definition) is 4. The van der Waals surface area contributed by atoms with Crippen molar-refractivity contribution in [1.82, 2.24) is 10.6 Å². The molecule has 5 nitrogen and oxygen atoms in total. The fourth-order valence-electron chi connectivity index (χ4n) is 3.44. The van der Waals surface area contributed by atoms with E-state index >= 15 is 0 Å². The molecule has 29 heavy (non-hydrogen) atoms. The maximum absolute atomic E-state index is 13.0. The number of amides is 1. The maximum Gasteiger partial charge on any atom is 0.416 e. The van der Waals surface area contributed by atoms with Gasteiger partial charge in [-0.15, -0.1) is 0 Å². The van der Waals surface area contributed by atoms with Crippen molar-refractivity contribution >= 4 is 6.09 Å². The molecular weight excluding hydrogens is 385 g/mol. The number of alkyl halides is 3. The van der Waals surface area contributed by atoms with E-state index < -0.39 is 35.5 Å². The Morgan fingerprint density at radius 3 is 2.38 bits per heavy atom. The lowest BCUT2D eigenvalue weighted by Gasteiger charge is -2.26. The number of aliphatic hydroxyl groups excluding tert-OH is 1. The predicted molar refractivity (Wildman–Crippen MR) is 101 cm³/mol. The number of aliphatic hydroxyl groups is 1. The topological polar surface area (TPSA) is 81.6 Å². The van der Waals surface area contributed by atoms with Gasteiger partial charge < -0.3 is 20.8 Å². The summed E-state index contributed by atoms with van der Waals surface area (Å²) in [4.78, 5) is 11.1. The molecule has 1 aliphatic rings. The minimum absolute atomic E-state index is 0.0496. The first-order chi connectivity index (χ1) is 13.7. The van der Waals surface area contributed by atoms with Gasteiger partial charge in [0.1, 0.15) is 0 Å². The van der Waals surface area contributed by atoms with Gasteiger partial charge in [0.15, 0.2) is 0 Å². The van der Waals surface area contributed by atoms with Gasteiger partial charge in [0.25, 0.3) is 0 Å². The summed E-state index contributed by atoms with van der Waals surface area (Å²) in [6.07, 6.45) is -5.11. The van der Waals surface area contributed by atoms with E-state index in [4.69, 9.17) is 5.11 Å². The van der Waals surface area contributed by atoms with E-state index in [1.807, 2.05) is 30.3 Å². The van der Waals surface area contributed by atoms with Crippen molar-refractivity contribution in [2.45, 2.75) is 43.1 Å². The molecule has 0 radical (unpaired) electrons. The van der Waals surface area contributed by atoms with Crippen LogP contribution in [-0.2, 0) is 18.1 Å². The highest BCUT2D eigenvalue weighted by Gasteiger charge is 2.45. The molecule has 0 saturated heterocycles. The number of carboxylic acid groups (broad SMARTS) is 1. The van der Waals surface area contributed by atoms with E-state index in [0.717, 1.165) is 17.7 Å². The molecule has 2 atom stereocenters. The monoisotopic (exact) mass is 408 g/mol. The molecule has 2 aromatic rings. The van der Waals surface area contributed by atoms with Gasteiger partial charge in [-0.2, -0.15) is 13.2 Å². The normalized spacial score (nSPS) is 17.4. The van der Waals surface area contributed by atoms with Crippen LogP contribution >= 0.6 is 0 Å². The number of nitrogens with one attached hydrogen (secondary N) is 2. The Morgan fingerprint density at radius 1 is 1.10 bits per heavy atom. The molecule has 1 fully saturated rings. The summed E-state index contributed by atoms with van der Waals surface area (Å²) >= 11 is 0. The largest absolute Gasteiger partial charge is 0.465 e. The van der Waals surface area contributed by atoms with Crippen LogP contribution in [0.4, 0.5) is 18.0 Å². The lowest BCUT2D eigenvalue weighted by Crippen LogP contribution is -2.49. The summed E-state index contributed by atoms with van der Waals surface area (Å²) in [7, 11) is 0. The molecule has 4 N–H and O–H groups in total. The van der Waals surface area contributed by atoms with Gasteiger partial charge in [0, 0.05) is 12.1 Å². The molecule has 8 heteroatoms. The Morgan fingerprint density at radius 2 is 1.79 bits per heavy atom. The van der Waals surface area contributed by atoms with Gasteiger partial charge in [-0.25, -0.2) is 4.79 Å². The van der Waals surface area contributed by atoms with Crippen LogP contribution in [0.1, 0.15) is 29.5 Å². The molecule has 0 bridgehead atoms. The Bertz CT molecular complexity index is 839. The van der Waals surface area contributed by atoms with Crippen LogP contribution < -0.4 is 10.6 Å². The smallest absolute Gasteiger partial charge is 0.416 e. The summed E-state index contributed by atoms with van der Waals surface area (Å²) in [6.45, 7) is 0.0496. The third-order valence-corrected chi connectivity index (χ3v) is 5.21. The average molecular weight is 408 g/mol. The lowest BCUT2D eigenvalue weighted by molar-refractivity contribution is -0.137. The molecule has 1 amide bonds. The summed E-state index contributed by atoms with van der Waals surface area (Å²) in [5, 5.41) is 25.1. The molecule has 1 aliphatic carbocycles. The molecule has 3 rings (SSSR count). The number of benzene rings is 2. The average Bonchev–Trinajstić information content (AvgIpc) is 3.47. The van der Waals surface area contributed by atoms with Crippen LogP contribution in [0.25, 0.3) is 0 Å². The lowest BCUT2D eigenvalue weighted by atomic mass is 9.99. The molecule has 0 unspecified atom stereocenters. The summed E-state index contributed by atoms with van der Waals surface area (Å²) in [6, 6.07) is 13.6. The van der Waals surface area contributed by atoms with Crippen LogP contribution in [-0.4, -0.2) is 35.0 Å². The van der Waals surface area contributed by atoms with Crippen molar-refractivity contribution in [3.05, 3.63) is 71.3 Å². The second kappa shape index (κ2) is 8.42. The highest BCUT2D eigenvalue weighted by Crippen LogP contribution is 2.46. The predicted octanol–water partition coefficient (Wildman–Crippen LogP) is 3.52. The van der Waals surface area contributed by atoms with Gasteiger partial charge in [-0.1, -0.05) is 42.5 Å². The van der Waals surface area contributed by atoms with E-state index in [0.29, 0.717) is 24.8 Å². The van der Waals surface area contributed by atoms with Gasteiger partial charge in [0.2, 0.25) is 0 Å². The van der Waals surface area contributed by atoms with E-state index in [9.17, 15) is 23.1 Å². The number of carbonyl (C=O) groups is 1. The highest BCUT2D eigenvalue weighted by molar-refractivity contribution is 5.65. The Hall–Kier alpha value is -2.58. The third kappa shape index (κ3) is 5.48. The molecule has 0 aromatic heterocycles. The van der Waals surface area contributed by atoms with Gasteiger partial charge in [0.05, 0.1) is 17.7 Å². The molecule has 0 heterocycles. The zero-order valence-corrected chi connectivity index (χ0v) is 15.6. The van der Waals surface area contributed by atoms with E-state index in [1.54, 1.807) is 6.07 Å². The van der Waals surface area contributed by atoms with Crippen LogP contribution in [0.2, 0.25) is 0 Å². The fraction of sp³-hybridized carbons (Fsp3) is 0.381. The Balaban J connectivity index is 1.67. The zero-order valence-electron chi connectivity index (χ0n) is 15.6. The van der Waals surface area contributed by atoms with Gasteiger partial charge in [-0.05, 0) is 42.5 Å². The Labute approximate surface area is 166 Å². The summed E-state index contributed by atoms with van der Waals surface area (Å²) in [5.74, 6) is 0. The van der Waals surface area contributed by atoms with Crippen LogP contribution in [0.5, 0.6) is 0 Å². The number of halogens is 3. The standard InChI is InChI=1S/C21H23F3N2O3/c22-21(23,24)16-8-4-7-15(12-16)20(9-10-20)25-13-18(27)17(26-19(28)29)11-14-5-2-1-3-6-14/h1-8,12,17-18,25-27H,9-11,13H2,(H,28,29)/t17-,18-/m0/s1. The second-order valence-corrected chi connectivity index (χ2v) is 7.35. The molecule has 156 valence electrons. The van der Waals surface area contributed by atoms with E-state index in [-0.39, 0.29) is 6.54 Å². The molecular formula is C21H23F3N2O3. The maximum atomic E-state index is 13.0. The molecule has 2 aromatic carbocycles. The first kappa shape index (κ1) is 21.1. The minimum atomic E-state index is -4.42. The number of rotatable bonds is 8. The van der Waals surface area contributed by atoms with Crippen molar-refractivity contribution in [2.24, 2.45) is 0 Å². The van der Waals surface area contributed by atoms with Crippen LogP contribution in [0.3, 0.4) is 0 Å². The minimum Gasteiger partial charge on any atom is -0.465 e. The zero-order chi connectivity index (χ0) is 21.1. The van der Waals surface area contributed by atoms with Crippen LogP contribution in [0, 0.1) is 0 Å². The second-order valence-electron chi connectivity index (χ2n) is 7.35. The van der Waals surface area contributed by atoms with Crippen molar-refractivity contribution in [2.75, 3.05) is 6.54 Å². The number of hydrogen-bond acceptors (Lipinski definition) is 3. The summed E-state index contributed by atoms with van der Waals surface area (Å²) < 4.78 is 39.0. The highest BCUT2D eigenvalue weighted by atomic mass is 19.4. The quantitative estimate of drug-likeness (QED) is 0.539. The third-order valence-electron chi connectivity index (χ3n) is 5.21. The van der Waals surface area contributed by atoms with Crippen molar-refractivity contribution in [3.63, 3.8) is 0 Å². The first-order valence-corrected chi connectivity index (χ1v) is 9.34.